The number of aryl methyl sites for hydroxylation is 1. The summed E-state index contributed by atoms with van der Waals surface area (Å²) < 4.78 is 0. The van der Waals surface area contributed by atoms with Gasteiger partial charge in [-0.2, -0.15) is 0 Å². The van der Waals surface area contributed by atoms with Crippen molar-refractivity contribution in [3.63, 3.8) is 0 Å². The topological polar surface area (TPSA) is 84.9 Å². The van der Waals surface area contributed by atoms with E-state index >= 15 is 0 Å². The Balaban J connectivity index is 2.27. The largest absolute Gasteiger partial charge is 0.478 e. The molecule has 1 unspecified atom stereocenters. The average molecular weight is 269 g/mol. The lowest BCUT2D eigenvalue weighted by molar-refractivity contribution is -0.161. The molecule has 1 heterocycles. The Bertz CT molecular complexity index is 530. The Hall–Kier alpha value is -1.59. The second kappa shape index (κ2) is 4.59. The number of nitrogens with two attached hydrogens (primary N) is 1. The van der Waals surface area contributed by atoms with Crippen LogP contribution >= 0.6 is 11.6 Å². The molecule has 1 aliphatic rings. The van der Waals surface area contributed by atoms with E-state index in [4.69, 9.17) is 27.3 Å². The van der Waals surface area contributed by atoms with Crippen LogP contribution in [0.15, 0.2) is 23.4 Å². The summed E-state index contributed by atoms with van der Waals surface area (Å²) in [6.07, 6.45) is 0.153. The summed E-state index contributed by atoms with van der Waals surface area (Å²) in [6, 6.07) is 5.38. The number of benzene rings is 1. The molecule has 2 rings (SSSR count). The first-order valence-corrected chi connectivity index (χ1v) is 5.81. The molecule has 0 radical (unpaired) electrons. The number of oxime groups is 1. The molecule has 18 heavy (non-hydrogen) atoms. The molecule has 0 saturated carbocycles. The fourth-order valence-corrected chi connectivity index (χ4v) is 1.89. The average Bonchev–Trinajstić information content (AvgIpc) is 2.78. The van der Waals surface area contributed by atoms with Crippen LogP contribution in [0, 0.1) is 6.92 Å². The summed E-state index contributed by atoms with van der Waals surface area (Å²) >= 11 is 5.94. The summed E-state index contributed by atoms with van der Waals surface area (Å²) in [7, 11) is 0. The molecule has 6 heteroatoms. The predicted octanol–water partition coefficient (Wildman–Crippen LogP) is 1.55. The van der Waals surface area contributed by atoms with Crippen molar-refractivity contribution in [3.8, 4) is 0 Å². The van der Waals surface area contributed by atoms with Gasteiger partial charge in [-0.3, -0.25) is 0 Å². The van der Waals surface area contributed by atoms with Crippen LogP contribution in [0.25, 0.3) is 0 Å². The van der Waals surface area contributed by atoms with Crippen LogP contribution in [0.2, 0.25) is 5.02 Å². The van der Waals surface area contributed by atoms with Crippen molar-refractivity contribution in [1.29, 1.82) is 0 Å². The van der Waals surface area contributed by atoms with E-state index in [1.54, 1.807) is 12.1 Å². The van der Waals surface area contributed by atoms with Crippen molar-refractivity contribution < 1.29 is 14.7 Å². The van der Waals surface area contributed by atoms with Crippen LogP contribution in [0.4, 0.5) is 0 Å². The highest BCUT2D eigenvalue weighted by molar-refractivity contribution is 6.31. The van der Waals surface area contributed by atoms with Gasteiger partial charge in [0.25, 0.3) is 5.60 Å². The zero-order chi connectivity index (χ0) is 13.3. The van der Waals surface area contributed by atoms with Crippen molar-refractivity contribution in [2.24, 2.45) is 10.9 Å². The monoisotopic (exact) mass is 268 g/mol. The lowest BCUT2D eigenvalue weighted by Gasteiger charge is -2.18. The quantitative estimate of drug-likeness (QED) is 0.871. The van der Waals surface area contributed by atoms with Crippen LogP contribution in [0.3, 0.4) is 0 Å². The maximum atomic E-state index is 11.2. The minimum absolute atomic E-state index is 0.123. The minimum atomic E-state index is -1.44. The lowest BCUT2D eigenvalue weighted by atomic mass is 9.94. The molecule has 1 aromatic rings. The third-order valence-electron chi connectivity index (χ3n) is 2.99. The third kappa shape index (κ3) is 2.07. The molecule has 0 spiro atoms. The number of aliphatic carboxylic acids is 1. The Labute approximate surface area is 109 Å². The van der Waals surface area contributed by atoms with Gasteiger partial charge < -0.3 is 15.7 Å². The molecule has 3 N–H and O–H groups in total. The molecule has 0 bridgehead atoms. The van der Waals surface area contributed by atoms with Gasteiger partial charge in [-0.25, -0.2) is 4.79 Å². The number of carboxylic acids is 1. The molecule has 1 aromatic carbocycles. The van der Waals surface area contributed by atoms with E-state index in [0.29, 0.717) is 10.7 Å². The van der Waals surface area contributed by atoms with E-state index in [9.17, 15) is 4.79 Å². The maximum Gasteiger partial charge on any atom is 0.352 e. The van der Waals surface area contributed by atoms with Crippen molar-refractivity contribution >= 4 is 23.3 Å². The van der Waals surface area contributed by atoms with Crippen LogP contribution in [-0.2, 0) is 9.63 Å². The fourth-order valence-electron chi connectivity index (χ4n) is 1.77. The predicted molar refractivity (Wildman–Crippen MR) is 67.8 cm³/mol. The molecule has 5 nitrogen and oxygen atoms in total. The third-order valence-corrected chi connectivity index (χ3v) is 3.42. The van der Waals surface area contributed by atoms with Gasteiger partial charge in [-0.1, -0.05) is 22.8 Å². The van der Waals surface area contributed by atoms with E-state index in [-0.39, 0.29) is 13.0 Å². The van der Waals surface area contributed by atoms with Gasteiger partial charge in [-0.05, 0) is 30.2 Å². The zero-order valence-electron chi connectivity index (χ0n) is 9.81. The second-order valence-corrected chi connectivity index (χ2v) is 4.68. The first kappa shape index (κ1) is 12.9. The number of carbonyl (C=O) groups is 1. The van der Waals surface area contributed by atoms with Gasteiger partial charge in [0.1, 0.15) is 0 Å². The summed E-state index contributed by atoms with van der Waals surface area (Å²) in [5, 5.41) is 13.6. The Morgan fingerprint density at radius 2 is 2.39 bits per heavy atom. The number of hydrogen-bond acceptors (Lipinski definition) is 4. The van der Waals surface area contributed by atoms with Crippen LogP contribution in [0.1, 0.15) is 17.5 Å². The Morgan fingerprint density at radius 3 is 2.89 bits per heavy atom. The van der Waals surface area contributed by atoms with Gasteiger partial charge in [-0.15, -0.1) is 0 Å². The standard InChI is InChI=1S/C12H13ClN2O3/c1-7-4-8(2-3-9(7)13)10-5-12(6-14,11(16)17)18-15-10/h2-4H,5-6,14H2,1H3,(H,16,17). The van der Waals surface area contributed by atoms with E-state index < -0.39 is 11.6 Å². The summed E-state index contributed by atoms with van der Waals surface area (Å²) in [4.78, 5) is 16.2. The molecular weight excluding hydrogens is 256 g/mol. The molecule has 1 atom stereocenters. The van der Waals surface area contributed by atoms with E-state index in [1.807, 2.05) is 13.0 Å². The fraction of sp³-hybridized carbons (Fsp3) is 0.333. The normalized spacial score (nSPS) is 22.5. The zero-order valence-corrected chi connectivity index (χ0v) is 10.6. The van der Waals surface area contributed by atoms with Gasteiger partial charge in [0.15, 0.2) is 0 Å². The summed E-state index contributed by atoms with van der Waals surface area (Å²) in [5.74, 6) is -1.10. The molecular formula is C12H13ClN2O3. The number of hydrogen-bond donors (Lipinski definition) is 2. The number of carboxylic acid groups (broad SMARTS) is 1. The van der Waals surface area contributed by atoms with E-state index in [1.165, 1.54) is 0 Å². The van der Waals surface area contributed by atoms with Gasteiger partial charge >= 0.3 is 5.97 Å². The van der Waals surface area contributed by atoms with Crippen molar-refractivity contribution in [3.05, 3.63) is 34.3 Å². The Kier molecular flexibility index (Phi) is 3.28. The molecule has 0 amide bonds. The molecule has 96 valence electrons. The van der Waals surface area contributed by atoms with E-state index in [2.05, 4.69) is 5.16 Å². The molecule has 1 aliphatic heterocycles. The van der Waals surface area contributed by atoms with E-state index in [0.717, 1.165) is 11.1 Å². The maximum absolute atomic E-state index is 11.2. The van der Waals surface area contributed by atoms with Crippen molar-refractivity contribution in [2.75, 3.05) is 6.54 Å². The van der Waals surface area contributed by atoms with Crippen molar-refractivity contribution in [2.45, 2.75) is 18.9 Å². The first-order chi connectivity index (χ1) is 8.48. The smallest absolute Gasteiger partial charge is 0.352 e. The van der Waals surface area contributed by atoms with Crippen molar-refractivity contribution in [1.82, 2.24) is 0 Å². The molecule has 0 fully saturated rings. The van der Waals surface area contributed by atoms with Crippen LogP contribution in [0.5, 0.6) is 0 Å². The lowest BCUT2D eigenvalue weighted by Crippen LogP contribution is -2.45. The van der Waals surface area contributed by atoms with Crippen LogP contribution in [-0.4, -0.2) is 28.9 Å². The van der Waals surface area contributed by atoms with Crippen LogP contribution < -0.4 is 5.73 Å². The summed E-state index contributed by atoms with van der Waals surface area (Å²) in [6.45, 7) is 1.75. The molecule has 0 saturated heterocycles. The Morgan fingerprint density at radius 1 is 1.67 bits per heavy atom. The number of rotatable bonds is 3. The summed E-state index contributed by atoms with van der Waals surface area (Å²) in [5.41, 5.74) is 6.29. The first-order valence-electron chi connectivity index (χ1n) is 5.43. The molecule has 0 aliphatic carbocycles. The SMILES string of the molecule is Cc1cc(C2=NOC(CN)(C(=O)O)C2)ccc1Cl. The van der Waals surface area contributed by atoms with Gasteiger partial charge in [0, 0.05) is 18.0 Å². The van der Waals surface area contributed by atoms with Gasteiger partial charge in [0.2, 0.25) is 0 Å². The highest BCUT2D eigenvalue weighted by atomic mass is 35.5. The van der Waals surface area contributed by atoms with Gasteiger partial charge in [0.05, 0.1) is 5.71 Å². The number of nitrogens with zero attached hydrogens (tertiary/aromatic N) is 1. The minimum Gasteiger partial charge on any atom is -0.478 e. The molecule has 0 aromatic heterocycles. The second-order valence-electron chi connectivity index (χ2n) is 4.27. The number of halogens is 1. The highest BCUT2D eigenvalue weighted by Gasteiger charge is 2.46. The highest BCUT2D eigenvalue weighted by Crippen LogP contribution is 2.27.